The predicted octanol–water partition coefficient (Wildman–Crippen LogP) is 1.78. The molecule has 6 atom stereocenters. The van der Waals surface area contributed by atoms with Crippen molar-refractivity contribution in [2.75, 3.05) is 26.8 Å². The van der Waals surface area contributed by atoms with Gasteiger partial charge in [-0.25, -0.2) is 19.6 Å². The summed E-state index contributed by atoms with van der Waals surface area (Å²) in [6.07, 6.45) is 0.0954. The van der Waals surface area contributed by atoms with Crippen LogP contribution in [0, 0.1) is 0 Å². The van der Waals surface area contributed by atoms with Gasteiger partial charge in [0, 0.05) is 25.9 Å². The van der Waals surface area contributed by atoms with E-state index in [-0.39, 0.29) is 25.4 Å². The number of ether oxygens (including phenoxy) is 1. The van der Waals surface area contributed by atoms with Crippen LogP contribution in [0.5, 0.6) is 0 Å². The van der Waals surface area contributed by atoms with E-state index in [0.717, 1.165) is 27.9 Å². The van der Waals surface area contributed by atoms with E-state index in [1.165, 1.54) is 16.9 Å². The first-order chi connectivity index (χ1) is 24.9. The molecular formula is C35H40N8O9. The Morgan fingerprint density at radius 1 is 0.788 bits per heavy atom. The number of methoxy groups -OCH3 is 1. The van der Waals surface area contributed by atoms with E-state index in [2.05, 4.69) is 30.0 Å². The quantitative estimate of drug-likeness (QED) is 0.118. The van der Waals surface area contributed by atoms with Crippen molar-refractivity contribution < 1.29 is 44.3 Å². The Morgan fingerprint density at radius 2 is 1.23 bits per heavy atom. The number of aromatic nitrogens is 4. The number of carboxylic acid groups (broad SMARTS) is 1. The Balaban J connectivity index is 1.12. The Hall–Kier alpha value is -5.78. The third-order valence-corrected chi connectivity index (χ3v) is 9.34. The second-order valence-corrected chi connectivity index (χ2v) is 12.9. The summed E-state index contributed by atoms with van der Waals surface area (Å²) < 4.78 is 4.60. The second kappa shape index (κ2) is 15.2. The topological polar surface area (TPSA) is 246 Å². The highest BCUT2D eigenvalue weighted by atomic mass is 16.5. The van der Waals surface area contributed by atoms with Crippen LogP contribution < -0.4 is 10.6 Å². The third-order valence-electron chi connectivity index (χ3n) is 9.34. The van der Waals surface area contributed by atoms with Gasteiger partial charge in [0.1, 0.15) is 23.7 Å². The van der Waals surface area contributed by atoms with Gasteiger partial charge in [-0.3, -0.25) is 9.59 Å². The highest BCUT2D eigenvalue weighted by Gasteiger charge is 2.41. The molecule has 0 aliphatic carbocycles. The molecule has 4 heterocycles. The van der Waals surface area contributed by atoms with Crippen LogP contribution in [0.3, 0.4) is 0 Å². The number of amides is 4. The van der Waals surface area contributed by atoms with Gasteiger partial charge in [0.15, 0.2) is 0 Å². The molecule has 0 saturated carbocycles. The fraction of sp³-hybridized carbons (Fsp3) is 0.371. The van der Waals surface area contributed by atoms with Crippen molar-refractivity contribution >= 4 is 24.0 Å². The summed E-state index contributed by atoms with van der Waals surface area (Å²) in [7, 11) is 1.22. The first-order valence-corrected chi connectivity index (χ1v) is 16.7. The van der Waals surface area contributed by atoms with Gasteiger partial charge >= 0.3 is 12.2 Å². The van der Waals surface area contributed by atoms with Crippen LogP contribution in [0.1, 0.15) is 43.5 Å². The number of aliphatic hydroxyl groups is 3. The molecule has 2 aromatic carbocycles. The molecule has 0 spiro atoms. The molecule has 0 unspecified atom stereocenters. The molecular weight excluding hydrogens is 676 g/mol. The molecule has 2 saturated heterocycles. The second-order valence-electron chi connectivity index (χ2n) is 12.9. The fourth-order valence-corrected chi connectivity index (χ4v) is 6.70. The SMILES string of the molecule is COC(=O)N[C@@H](C)C(=O)N1C[C@@H](O)C[C@H]1c1ncc(-c2ccc(-c3ccc(-c4cnc([C@@H]5C[C@H](O)CN5C(=O)[C@H](CO)NC(=O)O)[nH]4)cc3)cc2)[nH]1. The number of likely N-dealkylation sites (tertiary alicyclic amines) is 2. The van der Waals surface area contributed by atoms with Crippen LogP contribution in [-0.4, -0.2) is 125 Å². The summed E-state index contributed by atoms with van der Waals surface area (Å²) in [6, 6.07) is 12.3. The smallest absolute Gasteiger partial charge is 0.407 e. The van der Waals surface area contributed by atoms with Crippen LogP contribution in [0.2, 0.25) is 0 Å². The zero-order chi connectivity index (χ0) is 37.1. The monoisotopic (exact) mass is 716 g/mol. The number of imidazole rings is 2. The molecule has 274 valence electrons. The summed E-state index contributed by atoms with van der Waals surface area (Å²) >= 11 is 0. The molecule has 17 heteroatoms. The number of carbonyl (C=O) groups is 4. The van der Waals surface area contributed by atoms with Gasteiger partial charge in [0.25, 0.3) is 0 Å². The van der Waals surface area contributed by atoms with Crippen LogP contribution in [0.25, 0.3) is 33.6 Å². The van der Waals surface area contributed by atoms with Crippen LogP contribution in [-0.2, 0) is 14.3 Å². The number of aliphatic hydroxyl groups excluding tert-OH is 3. The van der Waals surface area contributed by atoms with E-state index >= 15 is 0 Å². The van der Waals surface area contributed by atoms with Crippen molar-refractivity contribution in [3.05, 3.63) is 72.6 Å². The van der Waals surface area contributed by atoms with Crippen LogP contribution >= 0.6 is 0 Å². The van der Waals surface area contributed by atoms with Crippen molar-refractivity contribution in [2.45, 2.75) is 56.1 Å². The molecule has 52 heavy (non-hydrogen) atoms. The lowest BCUT2D eigenvalue weighted by Crippen LogP contribution is -2.50. The standard InChI is InChI=1S/C35H40N8O9/c1-18(38-35(51)52-2)32(47)42-15-23(45)11-28(42)30-36-13-25(39-30)21-7-3-19(4-8-21)20-5-9-22(10-6-20)26-14-37-31(40-26)29-12-24(46)16-43(29)33(48)27(17-44)41-34(49)50/h3-10,13-14,18,23-24,27-29,41,44-46H,11-12,15-17H2,1-2H3,(H,36,39)(H,37,40)(H,38,51)(H,49,50)/t18-,23-,24-,27-,28-,29-/m0/s1. The van der Waals surface area contributed by atoms with E-state index in [4.69, 9.17) is 5.11 Å². The van der Waals surface area contributed by atoms with E-state index in [1.54, 1.807) is 19.3 Å². The van der Waals surface area contributed by atoms with Gasteiger partial charge in [-0.2, -0.15) is 0 Å². The average molecular weight is 717 g/mol. The number of hydrogen-bond donors (Lipinski definition) is 8. The van der Waals surface area contributed by atoms with Gasteiger partial charge in [-0.15, -0.1) is 0 Å². The average Bonchev–Trinajstić information content (AvgIpc) is 3.96. The molecule has 0 radical (unpaired) electrons. The van der Waals surface area contributed by atoms with E-state index in [1.807, 2.05) is 53.8 Å². The van der Waals surface area contributed by atoms with Gasteiger partial charge in [0.05, 0.1) is 61.8 Å². The molecule has 4 amide bonds. The minimum absolute atomic E-state index is 0.0202. The lowest BCUT2D eigenvalue weighted by Gasteiger charge is -2.26. The largest absolute Gasteiger partial charge is 0.465 e. The first kappa shape index (κ1) is 36.0. The summed E-state index contributed by atoms with van der Waals surface area (Å²) in [5.41, 5.74) is 5.05. The summed E-state index contributed by atoms with van der Waals surface area (Å²) in [6.45, 7) is 0.932. The summed E-state index contributed by atoms with van der Waals surface area (Å²) in [5.74, 6) is -0.0485. The van der Waals surface area contributed by atoms with E-state index in [0.29, 0.717) is 23.8 Å². The van der Waals surface area contributed by atoms with E-state index < -0.39 is 61.1 Å². The number of carbonyl (C=O) groups excluding carboxylic acids is 3. The molecule has 2 aliphatic rings. The Labute approximate surface area is 297 Å². The number of benzene rings is 2. The number of aromatic amines is 2. The van der Waals surface area contributed by atoms with Gasteiger partial charge in [-0.1, -0.05) is 48.5 Å². The summed E-state index contributed by atoms with van der Waals surface area (Å²) in [5, 5.41) is 43.8. The highest BCUT2D eigenvalue weighted by molar-refractivity contribution is 5.86. The first-order valence-electron chi connectivity index (χ1n) is 16.7. The lowest BCUT2D eigenvalue weighted by molar-refractivity contribution is -0.136. The van der Waals surface area contributed by atoms with Gasteiger partial charge in [0.2, 0.25) is 11.8 Å². The number of β-amino-alcohol motifs (C(OH)–C–C–N with tert-alkyl or cyclic N) is 2. The van der Waals surface area contributed by atoms with Crippen molar-refractivity contribution in [1.29, 1.82) is 0 Å². The Kier molecular flexibility index (Phi) is 10.5. The maximum absolute atomic E-state index is 13.1. The Morgan fingerprint density at radius 3 is 1.65 bits per heavy atom. The number of hydrogen-bond acceptors (Lipinski definition) is 10. The summed E-state index contributed by atoms with van der Waals surface area (Å²) in [4.78, 5) is 67.1. The lowest BCUT2D eigenvalue weighted by atomic mass is 10.0. The van der Waals surface area contributed by atoms with Crippen molar-refractivity contribution in [3.8, 4) is 33.6 Å². The molecule has 2 fully saturated rings. The molecule has 4 aromatic rings. The number of H-pyrrole nitrogens is 2. The molecule has 2 aromatic heterocycles. The molecule has 17 nitrogen and oxygen atoms in total. The van der Waals surface area contributed by atoms with Crippen molar-refractivity contribution in [2.24, 2.45) is 0 Å². The zero-order valence-corrected chi connectivity index (χ0v) is 28.4. The normalized spacial score (nSPS) is 21.1. The van der Waals surface area contributed by atoms with Crippen molar-refractivity contribution in [3.63, 3.8) is 0 Å². The molecule has 0 bridgehead atoms. The molecule has 6 rings (SSSR count). The maximum atomic E-state index is 13.1. The van der Waals surface area contributed by atoms with Crippen LogP contribution in [0.4, 0.5) is 9.59 Å². The Bertz CT molecular complexity index is 1910. The molecule has 8 N–H and O–H groups in total. The highest BCUT2D eigenvalue weighted by Crippen LogP contribution is 2.35. The zero-order valence-electron chi connectivity index (χ0n) is 28.4. The number of alkyl carbamates (subject to hydrolysis) is 1. The van der Waals surface area contributed by atoms with E-state index in [9.17, 15) is 34.5 Å². The third kappa shape index (κ3) is 7.60. The maximum Gasteiger partial charge on any atom is 0.407 e. The number of rotatable bonds is 10. The number of nitrogens with one attached hydrogen (secondary N) is 4. The number of nitrogens with zero attached hydrogens (tertiary/aromatic N) is 4. The van der Waals surface area contributed by atoms with Crippen LogP contribution in [0.15, 0.2) is 60.9 Å². The minimum atomic E-state index is -1.44. The van der Waals surface area contributed by atoms with Gasteiger partial charge in [-0.05, 0) is 29.2 Å². The minimum Gasteiger partial charge on any atom is -0.465 e. The van der Waals surface area contributed by atoms with Crippen molar-refractivity contribution in [1.82, 2.24) is 40.4 Å². The molecule has 2 aliphatic heterocycles. The fourth-order valence-electron chi connectivity index (χ4n) is 6.70. The van der Waals surface area contributed by atoms with Gasteiger partial charge < -0.3 is 55.6 Å². The predicted molar refractivity (Wildman–Crippen MR) is 184 cm³/mol.